The summed E-state index contributed by atoms with van der Waals surface area (Å²) < 4.78 is 10.9. The molecule has 0 amide bonds. The van der Waals surface area contributed by atoms with E-state index in [0.29, 0.717) is 5.92 Å². The summed E-state index contributed by atoms with van der Waals surface area (Å²) >= 11 is 0. The molecule has 160 valence electrons. The summed E-state index contributed by atoms with van der Waals surface area (Å²) in [6.45, 7) is 4.94. The van der Waals surface area contributed by atoms with Crippen LogP contribution in [0.4, 0.5) is 5.69 Å². The quantitative estimate of drug-likeness (QED) is 0.608. The molecule has 2 heterocycles. The molecule has 0 radical (unpaired) electrons. The average Bonchev–Trinajstić information content (AvgIpc) is 3.28. The molecule has 1 N–H and O–H groups in total. The molecule has 6 nitrogen and oxygen atoms in total. The molecule has 2 aliphatic rings. The molecule has 1 unspecified atom stereocenters. The molecule has 0 aromatic heterocycles. The molecule has 2 aromatic carbocycles. The van der Waals surface area contributed by atoms with Crippen molar-refractivity contribution in [3.8, 4) is 11.5 Å². The first-order valence-electron chi connectivity index (χ1n) is 10.7. The lowest BCUT2D eigenvalue weighted by molar-refractivity contribution is 0.345. The largest absolute Gasteiger partial charge is 0.493 e. The van der Waals surface area contributed by atoms with Gasteiger partial charge in [-0.3, -0.25) is 4.99 Å². The summed E-state index contributed by atoms with van der Waals surface area (Å²) in [4.78, 5) is 9.37. The molecule has 0 saturated carbocycles. The van der Waals surface area contributed by atoms with Gasteiger partial charge in [-0.15, -0.1) is 0 Å². The van der Waals surface area contributed by atoms with Crippen LogP contribution in [0.1, 0.15) is 17.5 Å². The molecule has 1 fully saturated rings. The first kappa shape index (κ1) is 20.4. The Morgan fingerprint density at radius 3 is 2.50 bits per heavy atom. The maximum Gasteiger partial charge on any atom is 0.193 e. The Balaban J connectivity index is 1.35. The summed E-state index contributed by atoms with van der Waals surface area (Å²) in [5.41, 5.74) is 3.92. The second kappa shape index (κ2) is 9.28. The Morgan fingerprint density at radius 2 is 1.80 bits per heavy atom. The fourth-order valence-corrected chi connectivity index (χ4v) is 4.50. The lowest BCUT2D eigenvalue weighted by atomic mass is 9.99. The van der Waals surface area contributed by atoms with Crippen LogP contribution >= 0.6 is 0 Å². The lowest BCUT2D eigenvalue weighted by Crippen LogP contribution is -2.45. The van der Waals surface area contributed by atoms with Crippen molar-refractivity contribution in [2.24, 2.45) is 10.9 Å². The number of fused-ring (bicyclic) bond motifs is 1. The van der Waals surface area contributed by atoms with Gasteiger partial charge in [0.05, 0.1) is 14.2 Å². The van der Waals surface area contributed by atoms with E-state index in [1.165, 1.54) is 23.2 Å². The molecule has 30 heavy (non-hydrogen) atoms. The summed E-state index contributed by atoms with van der Waals surface area (Å²) in [6.07, 6.45) is 2.18. The molecular formula is C24H32N4O2. The number of ether oxygens (including phenoxy) is 2. The Kier molecular flexibility index (Phi) is 6.31. The van der Waals surface area contributed by atoms with Crippen molar-refractivity contribution < 1.29 is 9.47 Å². The van der Waals surface area contributed by atoms with Gasteiger partial charge in [-0.05, 0) is 54.2 Å². The van der Waals surface area contributed by atoms with E-state index in [-0.39, 0.29) is 0 Å². The minimum absolute atomic E-state index is 0.628. The standard InChI is InChI=1S/C24H32N4O2/c1-25-24(26-15-18-9-11-27(16-18)21-7-5-4-6-8-21)28-12-10-19-13-22(29-2)23(30-3)14-20(19)17-28/h4-8,13-14,18H,9-12,15-17H2,1-3H3,(H,25,26). The normalized spacial score (nSPS) is 18.9. The minimum Gasteiger partial charge on any atom is -0.493 e. The van der Waals surface area contributed by atoms with E-state index in [2.05, 4.69) is 62.6 Å². The van der Waals surface area contributed by atoms with Gasteiger partial charge in [-0.1, -0.05) is 18.2 Å². The number of hydrogen-bond donors (Lipinski definition) is 1. The number of nitrogens with one attached hydrogen (secondary N) is 1. The number of nitrogens with zero attached hydrogens (tertiary/aromatic N) is 3. The maximum atomic E-state index is 5.49. The van der Waals surface area contributed by atoms with Gasteiger partial charge in [0.15, 0.2) is 17.5 Å². The fourth-order valence-electron chi connectivity index (χ4n) is 4.50. The zero-order chi connectivity index (χ0) is 20.9. The number of benzene rings is 2. The highest BCUT2D eigenvalue weighted by Crippen LogP contribution is 2.33. The van der Waals surface area contributed by atoms with Crippen LogP contribution in [0.2, 0.25) is 0 Å². The second-order valence-electron chi connectivity index (χ2n) is 8.01. The van der Waals surface area contributed by atoms with E-state index in [9.17, 15) is 0 Å². The van der Waals surface area contributed by atoms with Crippen molar-refractivity contribution >= 4 is 11.6 Å². The highest BCUT2D eigenvalue weighted by atomic mass is 16.5. The summed E-state index contributed by atoms with van der Waals surface area (Å²) in [5.74, 6) is 3.20. The molecular weight excluding hydrogens is 376 g/mol. The van der Waals surface area contributed by atoms with Gasteiger partial charge in [-0.25, -0.2) is 0 Å². The van der Waals surface area contributed by atoms with Crippen molar-refractivity contribution in [1.82, 2.24) is 10.2 Å². The van der Waals surface area contributed by atoms with E-state index in [1.807, 2.05) is 7.05 Å². The average molecular weight is 409 g/mol. The van der Waals surface area contributed by atoms with Crippen LogP contribution < -0.4 is 19.7 Å². The zero-order valence-corrected chi connectivity index (χ0v) is 18.2. The summed E-state index contributed by atoms with van der Waals surface area (Å²) in [6, 6.07) is 14.9. The van der Waals surface area contributed by atoms with Crippen LogP contribution in [0.15, 0.2) is 47.5 Å². The van der Waals surface area contributed by atoms with Gasteiger partial charge >= 0.3 is 0 Å². The maximum absolute atomic E-state index is 5.49. The van der Waals surface area contributed by atoms with Crippen LogP contribution in [0.25, 0.3) is 0 Å². The molecule has 1 saturated heterocycles. The van der Waals surface area contributed by atoms with Gasteiger partial charge in [0.1, 0.15) is 0 Å². The monoisotopic (exact) mass is 408 g/mol. The van der Waals surface area contributed by atoms with Gasteiger partial charge in [0.25, 0.3) is 0 Å². The minimum atomic E-state index is 0.628. The SMILES string of the molecule is CN=C(NCC1CCN(c2ccccc2)C1)N1CCc2cc(OC)c(OC)cc2C1. The first-order valence-corrected chi connectivity index (χ1v) is 10.7. The number of hydrogen-bond acceptors (Lipinski definition) is 4. The Hall–Kier alpha value is -2.89. The molecule has 6 heteroatoms. The number of para-hydroxylation sites is 1. The first-order chi connectivity index (χ1) is 14.7. The van der Waals surface area contributed by atoms with Gasteiger partial charge in [0.2, 0.25) is 0 Å². The van der Waals surface area contributed by atoms with Crippen LogP contribution in [0.5, 0.6) is 11.5 Å². The van der Waals surface area contributed by atoms with E-state index >= 15 is 0 Å². The van der Waals surface area contributed by atoms with Crippen molar-refractivity contribution in [1.29, 1.82) is 0 Å². The van der Waals surface area contributed by atoms with Crippen LogP contribution in [0, 0.1) is 5.92 Å². The second-order valence-corrected chi connectivity index (χ2v) is 8.01. The van der Waals surface area contributed by atoms with E-state index in [0.717, 1.165) is 56.6 Å². The number of methoxy groups -OCH3 is 2. The molecule has 0 spiro atoms. The molecule has 2 aliphatic heterocycles. The fraction of sp³-hybridized carbons (Fsp3) is 0.458. The summed E-state index contributed by atoms with van der Waals surface area (Å²) in [5, 5.41) is 3.63. The zero-order valence-electron chi connectivity index (χ0n) is 18.2. The number of aliphatic imine (C=N–C) groups is 1. The molecule has 0 bridgehead atoms. The number of rotatable bonds is 5. The molecule has 0 aliphatic carbocycles. The van der Waals surface area contributed by atoms with E-state index in [4.69, 9.17) is 9.47 Å². The highest BCUT2D eigenvalue weighted by molar-refractivity contribution is 5.80. The Bertz CT molecular complexity index is 884. The smallest absolute Gasteiger partial charge is 0.193 e. The van der Waals surface area contributed by atoms with E-state index < -0.39 is 0 Å². The Labute approximate surface area is 179 Å². The van der Waals surface area contributed by atoms with Crippen molar-refractivity contribution in [3.05, 3.63) is 53.6 Å². The van der Waals surface area contributed by atoms with Gasteiger partial charge in [-0.2, -0.15) is 0 Å². The predicted octanol–water partition coefficient (Wildman–Crippen LogP) is 3.16. The van der Waals surface area contributed by atoms with Crippen LogP contribution in [-0.2, 0) is 13.0 Å². The van der Waals surface area contributed by atoms with Crippen LogP contribution in [0.3, 0.4) is 0 Å². The highest BCUT2D eigenvalue weighted by Gasteiger charge is 2.25. The number of guanidine groups is 1. The third-order valence-electron chi connectivity index (χ3n) is 6.19. The third kappa shape index (κ3) is 4.32. The van der Waals surface area contributed by atoms with Gasteiger partial charge < -0.3 is 24.6 Å². The molecule has 1 atom stereocenters. The molecule has 2 aromatic rings. The topological polar surface area (TPSA) is 49.3 Å². The van der Waals surface area contributed by atoms with Crippen molar-refractivity contribution in [3.63, 3.8) is 0 Å². The van der Waals surface area contributed by atoms with Crippen LogP contribution in [-0.4, -0.2) is 58.3 Å². The van der Waals surface area contributed by atoms with Gasteiger partial charge in [0, 0.05) is 45.5 Å². The summed E-state index contributed by atoms with van der Waals surface area (Å²) in [7, 11) is 5.25. The predicted molar refractivity (Wildman–Crippen MR) is 122 cm³/mol. The third-order valence-corrected chi connectivity index (χ3v) is 6.19. The number of anilines is 1. The Morgan fingerprint density at radius 1 is 1.07 bits per heavy atom. The molecule has 4 rings (SSSR count). The lowest BCUT2D eigenvalue weighted by Gasteiger charge is -2.32. The van der Waals surface area contributed by atoms with E-state index in [1.54, 1.807) is 14.2 Å². The van der Waals surface area contributed by atoms with Crippen molar-refractivity contribution in [2.75, 3.05) is 52.3 Å². The van der Waals surface area contributed by atoms with Crippen molar-refractivity contribution in [2.45, 2.75) is 19.4 Å².